The number of nitrogens with zero attached hydrogens (tertiary/aromatic N) is 1. The standard InChI is InChI=1S/C9H15F3N2O/c1-13-6-7-4-2-3-5-14(7)8(15)9(10,11)12/h7,13H,2-6H2,1H3. The minimum absolute atomic E-state index is 0.213. The lowest BCUT2D eigenvalue weighted by Gasteiger charge is -2.35. The fourth-order valence-corrected chi connectivity index (χ4v) is 1.88. The van der Waals surface area contributed by atoms with E-state index in [4.69, 9.17) is 0 Å². The highest BCUT2D eigenvalue weighted by Gasteiger charge is 2.44. The van der Waals surface area contributed by atoms with Crippen molar-refractivity contribution < 1.29 is 18.0 Å². The number of halogens is 3. The zero-order chi connectivity index (χ0) is 11.5. The number of carbonyl (C=O) groups excluding carboxylic acids is 1. The summed E-state index contributed by atoms with van der Waals surface area (Å²) < 4.78 is 36.7. The molecule has 0 aromatic carbocycles. The minimum atomic E-state index is -4.75. The maximum absolute atomic E-state index is 12.2. The number of nitrogens with one attached hydrogen (secondary N) is 1. The second-order valence-corrected chi connectivity index (χ2v) is 3.70. The minimum Gasteiger partial charge on any atom is -0.331 e. The van der Waals surface area contributed by atoms with Crippen LogP contribution in [-0.4, -0.2) is 43.2 Å². The molecule has 1 atom stereocenters. The molecule has 0 aliphatic carbocycles. The SMILES string of the molecule is CNCC1CCCCN1C(=O)C(F)(F)F. The first-order valence-corrected chi connectivity index (χ1v) is 4.99. The van der Waals surface area contributed by atoms with E-state index in [1.54, 1.807) is 7.05 Å². The third-order valence-corrected chi connectivity index (χ3v) is 2.57. The zero-order valence-electron chi connectivity index (χ0n) is 8.60. The molecule has 0 bridgehead atoms. The van der Waals surface area contributed by atoms with Gasteiger partial charge in [0.1, 0.15) is 0 Å². The topological polar surface area (TPSA) is 32.3 Å². The molecule has 88 valence electrons. The van der Waals surface area contributed by atoms with E-state index >= 15 is 0 Å². The van der Waals surface area contributed by atoms with E-state index in [1.165, 1.54) is 0 Å². The van der Waals surface area contributed by atoms with Crippen LogP contribution in [-0.2, 0) is 4.79 Å². The van der Waals surface area contributed by atoms with Gasteiger partial charge in [-0.25, -0.2) is 0 Å². The molecule has 0 radical (unpaired) electrons. The number of likely N-dealkylation sites (tertiary alicyclic amines) is 1. The molecule has 0 spiro atoms. The molecule has 0 aromatic rings. The molecular formula is C9H15F3N2O. The second-order valence-electron chi connectivity index (χ2n) is 3.70. The van der Waals surface area contributed by atoms with Gasteiger partial charge >= 0.3 is 12.1 Å². The number of piperidine rings is 1. The van der Waals surface area contributed by atoms with Crippen molar-refractivity contribution in [3.63, 3.8) is 0 Å². The van der Waals surface area contributed by atoms with Crippen LogP contribution in [0.25, 0.3) is 0 Å². The Kier molecular flexibility index (Phi) is 3.96. The number of carbonyl (C=O) groups is 1. The Hall–Kier alpha value is -0.780. The van der Waals surface area contributed by atoms with Gasteiger partial charge in [0.15, 0.2) is 0 Å². The molecule has 1 unspecified atom stereocenters. The first kappa shape index (κ1) is 12.3. The highest BCUT2D eigenvalue weighted by Crippen LogP contribution is 2.24. The van der Waals surface area contributed by atoms with Crippen LogP contribution in [0.15, 0.2) is 0 Å². The molecule has 1 heterocycles. The third kappa shape index (κ3) is 3.09. The Bertz CT molecular complexity index is 228. The summed E-state index contributed by atoms with van der Waals surface area (Å²) in [6.45, 7) is 0.631. The summed E-state index contributed by atoms with van der Waals surface area (Å²) in [4.78, 5) is 12.0. The lowest BCUT2D eigenvalue weighted by Crippen LogP contribution is -2.52. The Morgan fingerprint density at radius 3 is 2.67 bits per heavy atom. The lowest BCUT2D eigenvalue weighted by molar-refractivity contribution is -0.189. The number of likely N-dealkylation sites (N-methyl/N-ethyl adjacent to an activating group) is 1. The maximum Gasteiger partial charge on any atom is 0.471 e. The summed E-state index contributed by atoms with van der Waals surface area (Å²) in [5.74, 6) is -1.71. The normalized spacial score (nSPS) is 22.9. The quantitative estimate of drug-likeness (QED) is 0.763. The van der Waals surface area contributed by atoms with Crippen LogP contribution in [0.5, 0.6) is 0 Å². The maximum atomic E-state index is 12.2. The smallest absolute Gasteiger partial charge is 0.331 e. The van der Waals surface area contributed by atoms with E-state index < -0.39 is 12.1 Å². The van der Waals surface area contributed by atoms with Gasteiger partial charge in [0.25, 0.3) is 0 Å². The number of hydrogen-bond donors (Lipinski definition) is 1. The molecular weight excluding hydrogens is 209 g/mol. The largest absolute Gasteiger partial charge is 0.471 e. The van der Waals surface area contributed by atoms with E-state index in [0.29, 0.717) is 19.4 Å². The number of alkyl halides is 3. The van der Waals surface area contributed by atoms with Crippen molar-refractivity contribution in [3.05, 3.63) is 0 Å². The molecule has 6 heteroatoms. The van der Waals surface area contributed by atoms with Crippen molar-refractivity contribution >= 4 is 5.91 Å². The summed E-state index contributed by atoms with van der Waals surface area (Å²) in [5, 5.41) is 2.81. The Morgan fingerprint density at radius 1 is 1.47 bits per heavy atom. The highest BCUT2D eigenvalue weighted by atomic mass is 19.4. The zero-order valence-corrected chi connectivity index (χ0v) is 8.60. The van der Waals surface area contributed by atoms with Crippen molar-refractivity contribution in [1.82, 2.24) is 10.2 Å². The summed E-state index contributed by atoms with van der Waals surface area (Å²) in [6, 6.07) is -0.321. The summed E-state index contributed by atoms with van der Waals surface area (Å²) in [5.41, 5.74) is 0. The van der Waals surface area contributed by atoms with Gasteiger partial charge < -0.3 is 10.2 Å². The first-order valence-electron chi connectivity index (χ1n) is 4.99. The van der Waals surface area contributed by atoms with Gasteiger partial charge in [-0.05, 0) is 26.3 Å². The molecule has 1 N–H and O–H groups in total. The van der Waals surface area contributed by atoms with Crippen molar-refractivity contribution in [3.8, 4) is 0 Å². The van der Waals surface area contributed by atoms with E-state index in [2.05, 4.69) is 5.32 Å². The average molecular weight is 224 g/mol. The van der Waals surface area contributed by atoms with Crippen LogP contribution in [0.4, 0.5) is 13.2 Å². The predicted molar refractivity (Wildman–Crippen MR) is 49.3 cm³/mol. The molecule has 3 nitrogen and oxygen atoms in total. The Morgan fingerprint density at radius 2 is 2.13 bits per heavy atom. The van der Waals surface area contributed by atoms with Crippen molar-refractivity contribution in [2.45, 2.75) is 31.5 Å². The van der Waals surface area contributed by atoms with Gasteiger partial charge in [-0.2, -0.15) is 13.2 Å². The monoisotopic (exact) mass is 224 g/mol. The van der Waals surface area contributed by atoms with Crippen molar-refractivity contribution in [2.75, 3.05) is 20.1 Å². The van der Waals surface area contributed by atoms with E-state index in [1.807, 2.05) is 0 Å². The van der Waals surface area contributed by atoms with Crippen LogP contribution in [0.1, 0.15) is 19.3 Å². The molecule has 0 saturated carbocycles. The van der Waals surface area contributed by atoms with Crippen molar-refractivity contribution in [1.29, 1.82) is 0 Å². The molecule has 0 aromatic heterocycles. The number of rotatable bonds is 2. The lowest BCUT2D eigenvalue weighted by atomic mass is 10.0. The molecule has 1 aliphatic heterocycles. The molecule has 1 rings (SSSR count). The van der Waals surface area contributed by atoms with Gasteiger partial charge in [0, 0.05) is 19.1 Å². The fraction of sp³-hybridized carbons (Fsp3) is 0.889. The van der Waals surface area contributed by atoms with E-state index in [9.17, 15) is 18.0 Å². The highest BCUT2D eigenvalue weighted by molar-refractivity contribution is 5.82. The third-order valence-electron chi connectivity index (χ3n) is 2.57. The van der Waals surface area contributed by atoms with Gasteiger partial charge in [-0.1, -0.05) is 0 Å². The van der Waals surface area contributed by atoms with Crippen molar-refractivity contribution in [2.24, 2.45) is 0 Å². The summed E-state index contributed by atoms with van der Waals surface area (Å²) in [7, 11) is 1.67. The molecule has 1 fully saturated rings. The first-order chi connectivity index (χ1) is 6.96. The van der Waals surface area contributed by atoms with Gasteiger partial charge in [0.2, 0.25) is 0 Å². The molecule has 15 heavy (non-hydrogen) atoms. The fourth-order valence-electron chi connectivity index (χ4n) is 1.88. The van der Waals surface area contributed by atoms with Gasteiger partial charge in [-0.3, -0.25) is 4.79 Å². The summed E-state index contributed by atoms with van der Waals surface area (Å²) in [6.07, 6.45) is -2.57. The molecule has 1 saturated heterocycles. The molecule has 1 amide bonds. The van der Waals surface area contributed by atoms with E-state index in [0.717, 1.165) is 11.3 Å². The Balaban J connectivity index is 2.67. The van der Waals surface area contributed by atoms with E-state index in [-0.39, 0.29) is 12.6 Å². The second kappa shape index (κ2) is 4.83. The molecule has 1 aliphatic rings. The van der Waals surface area contributed by atoms with Crippen LogP contribution < -0.4 is 5.32 Å². The van der Waals surface area contributed by atoms with Crippen LogP contribution in [0, 0.1) is 0 Å². The summed E-state index contributed by atoms with van der Waals surface area (Å²) >= 11 is 0. The average Bonchev–Trinajstić information content (AvgIpc) is 2.17. The van der Waals surface area contributed by atoms with Gasteiger partial charge in [-0.15, -0.1) is 0 Å². The van der Waals surface area contributed by atoms with Crippen LogP contribution in [0.2, 0.25) is 0 Å². The number of amides is 1. The van der Waals surface area contributed by atoms with Crippen LogP contribution >= 0.6 is 0 Å². The predicted octanol–water partition coefficient (Wildman–Crippen LogP) is 1.15. The van der Waals surface area contributed by atoms with Crippen LogP contribution in [0.3, 0.4) is 0 Å². The Labute approximate surface area is 86.6 Å². The van der Waals surface area contributed by atoms with Gasteiger partial charge in [0.05, 0.1) is 0 Å². The number of hydrogen-bond acceptors (Lipinski definition) is 2.